The number of halogens is 1. The normalized spacial score (nSPS) is 16.7. The van der Waals surface area contributed by atoms with Crippen molar-refractivity contribution in [1.82, 2.24) is 19.9 Å². The Bertz CT molecular complexity index is 1190. The van der Waals surface area contributed by atoms with Crippen LogP contribution >= 0.6 is 15.9 Å². The van der Waals surface area contributed by atoms with Crippen molar-refractivity contribution in [2.24, 2.45) is 0 Å². The van der Waals surface area contributed by atoms with Gasteiger partial charge in [0.05, 0.1) is 18.5 Å². The average molecular weight is 513 g/mol. The Hall–Kier alpha value is -2.74. The van der Waals surface area contributed by atoms with Gasteiger partial charge >= 0.3 is 6.09 Å². The fourth-order valence-electron chi connectivity index (χ4n) is 4.16. The van der Waals surface area contributed by atoms with Crippen molar-refractivity contribution in [3.05, 3.63) is 46.2 Å². The van der Waals surface area contributed by atoms with E-state index in [1.54, 1.807) is 18.2 Å². The number of aromatic nitrogens is 3. The van der Waals surface area contributed by atoms with Crippen LogP contribution in [0.2, 0.25) is 0 Å². The number of ether oxygens (including phenoxy) is 2. The summed E-state index contributed by atoms with van der Waals surface area (Å²) in [5.74, 6) is 0.843. The standard InChI is InChI=1S/C25H29BrN4O3/c1-15-11-17(26)12-21(32-5)22(15)18-8-9-19-23(28-18)29-20(13-27-19)16-7-6-10-30(14-16)24(31)33-25(2,3)4/h8-9,11-13,16H,6-7,10,14H2,1-5H3. The van der Waals surface area contributed by atoms with Crippen LogP contribution in [-0.4, -0.2) is 51.7 Å². The van der Waals surface area contributed by atoms with Crippen LogP contribution in [0.5, 0.6) is 5.75 Å². The number of carbonyl (C=O) groups excluding carboxylic acids is 1. The van der Waals surface area contributed by atoms with Crippen molar-refractivity contribution >= 4 is 33.2 Å². The first-order chi connectivity index (χ1) is 15.6. The number of methoxy groups -OCH3 is 1. The number of hydrogen-bond donors (Lipinski definition) is 0. The van der Waals surface area contributed by atoms with E-state index in [9.17, 15) is 4.79 Å². The summed E-state index contributed by atoms with van der Waals surface area (Å²) in [6.45, 7) is 8.93. The Morgan fingerprint density at radius 2 is 2.00 bits per heavy atom. The van der Waals surface area contributed by atoms with E-state index in [0.717, 1.165) is 51.1 Å². The lowest BCUT2D eigenvalue weighted by atomic mass is 9.95. The van der Waals surface area contributed by atoms with Gasteiger partial charge in [0, 0.05) is 35.2 Å². The molecule has 1 aliphatic rings. The maximum absolute atomic E-state index is 12.6. The van der Waals surface area contributed by atoms with Crippen LogP contribution in [0.1, 0.15) is 50.8 Å². The third kappa shape index (κ3) is 5.27. The van der Waals surface area contributed by atoms with Gasteiger partial charge in [0.1, 0.15) is 16.9 Å². The Morgan fingerprint density at radius 1 is 1.21 bits per heavy atom. The maximum atomic E-state index is 12.6. The van der Waals surface area contributed by atoms with Gasteiger partial charge in [0.25, 0.3) is 0 Å². The molecule has 1 amide bonds. The molecule has 3 aromatic rings. The Kier molecular flexibility index (Phi) is 6.56. The highest BCUT2D eigenvalue weighted by atomic mass is 79.9. The molecule has 8 heteroatoms. The quantitative estimate of drug-likeness (QED) is 0.435. The van der Waals surface area contributed by atoms with Gasteiger partial charge in [-0.3, -0.25) is 4.98 Å². The second-order valence-electron chi connectivity index (χ2n) is 9.40. The number of pyridine rings is 1. The number of likely N-dealkylation sites (tertiary alicyclic amines) is 1. The number of aryl methyl sites for hydroxylation is 1. The van der Waals surface area contributed by atoms with Gasteiger partial charge in [-0.1, -0.05) is 15.9 Å². The first-order valence-electron chi connectivity index (χ1n) is 11.1. The second-order valence-corrected chi connectivity index (χ2v) is 10.3. The van der Waals surface area contributed by atoms with E-state index in [4.69, 9.17) is 19.4 Å². The molecule has 7 nitrogen and oxygen atoms in total. The summed E-state index contributed by atoms with van der Waals surface area (Å²) < 4.78 is 12.1. The van der Waals surface area contributed by atoms with Gasteiger partial charge in [-0.15, -0.1) is 0 Å². The summed E-state index contributed by atoms with van der Waals surface area (Å²) in [4.78, 5) is 28.6. The minimum Gasteiger partial charge on any atom is -0.496 e. The summed E-state index contributed by atoms with van der Waals surface area (Å²) in [7, 11) is 1.66. The minimum absolute atomic E-state index is 0.0950. The number of benzene rings is 1. The van der Waals surface area contributed by atoms with E-state index in [-0.39, 0.29) is 12.0 Å². The number of fused-ring (bicyclic) bond motifs is 1. The monoisotopic (exact) mass is 512 g/mol. The lowest BCUT2D eigenvalue weighted by Crippen LogP contribution is -2.42. The molecule has 0 saturated carbocycles. The third-order valence-electron chi connectivity index (χ3n) is 5.66. The van der Waals surface area contributed by atoms with Crippen LogP contribution in [-0.2, 0) is 4.74 Å². The molecule has 1 saturated heterocycles. The smallest absolute Gasteiger partial charge is 0.410 e. The fraction of sp³-hybridized carbons (Fsp3) is 0.440. The molecule has 1 aliphatic heterocycles. The molecule has 174 valence electrons. The number of piperidine rings is 1. The van der Waals surface area contributed by atoms with Crippen LogP contribution in [0, 0.1) is 6.92 Å². The molecule has 1 unspecified atom stereocenters. The van der Waals surface area contributed by atoms with E-state index >= 15 is 0 Å². The molecule has 0 radical (unpaired) electrons. The van der Waals surface area contributed by atoms with Gasteiger partial charge in [-0.2, -0.15) is 0 Å². The number of rotatable bonds is 3. The van der Waals surface area contributed by atoms with Crippen molar-refractivity contribution < 1.29 is 14.3 Å². The summed E-state index contributed by atoms with van der Waals surface area (Å²) >= 11 is 3.53. The Balaban J connectivity index is 1.64. The highest BCUT2D eigenvalue weighted by Crippen LogP contribution is 2.35. The summed E-state index contributed by atoms with van der Waals surface area (Å²) in [5.41, 5.74) is 4.43. The molecule has 3 heterocycles. The summed E-state index contributed by atoms with van der Waals surface area (Å²) in [6.07, 6.45) is 3.36. The SMILES string of the molecule is COc1cc(Br)cc(C)c1-c1ccc2ncc(C3CCCN(C(=O)OC(C)(C)C)C3)nc2n1. The van der Waals surface area contributed by atoms with Crippen LogP contribution < -0.4 is 4.74 Å². The molecule has 2 aromatic heterocycles. The van der Waals surface area contributed by atoms with Crippen molar-refractivity contribution in [1.29, 1.82) is 0 Å². The zero-order valence-electron chi connectivity index (χ0n) is 19.7. The number of hydrogen-bond acceptors (Lipinski definition) is 6. The van der Waals surface area contributed by atoms with Gasteiger partial charge in [0.2, 0.25) is 0 Å². The number of nitrogens with zero attached hydrogens (tertiary/aromatic N) is 4. The molecular formula is C25H29BrN4O3. The second kappa shape index (κ2) is 9.25. The highest BCUT2D eigenvalue weighted by Gasteiger charge is 2.29. The predicted octanol–water partition coefficient (Wildman–Crippen LogP) is 5.89. The summed E-state index contributed by atoms with van der Waals surface area (Å²) in [6, 6.07) is 7.85. The van der Waals surface area contributed by atoms with Crippen LogP contribution in [0.3, 0.4) is 0 Å². The van der Waals surface area contributed by atoms with Crippen molar-refractivity contribution in [2.45, 2.75) is 52.1 Å². The Morgan fingerprint density at radius 3 is 2.73 bits per heavy atom. The van der Waals surface area contributed by atoms with E-state index in [0.29, 0.717) is 18.7 Å². The zero-order valence-corrected chi connectivity index (χ0v) is 21.3. The van der Waals surface area contributed by atoms with E-state index < -0.39 is 5.60 Å². The van der Waals surface area contributed by atoms with Crippen LogP contribution in [0.15, 0.2) is 34.9 Å². The zero-order chi connectivity index (χ0) is 23.8. The number of carbonyl (C=O) groups is 1. The molecule has 0 bridgehead atoms. The molecule has 1 aromatic carbocycles. The first kappa shape index (κ1) is 23.4. The van der Waals surface area contributed by atoms with Gasteiger partial charge in [0.15, 0.2) is 5.65 Å². The maximum Gasteiger partial charge on any atom is 0.410 e. The Labute approximate surface area is 202 Å². The lowest BCUT2D eigenvalue weighted by molar-refractivity contribution is 0.0197. The van der Waals surface area contributed by atoms with Crippen LogP contribution in [0.4, 0.5) is 4.79 Å². The molecule has 0 N–H and O–H groups in total. The van der Waals surface area contributed by atoms with Crippen LogP contribution in [0.25, 0.3) is 22.4 Å². The molecule has 1 atom stereocenters. The molecule has 0 spiro atoms. The van der Waals surface area contributed by atoms with E-state index in [1.165, 1.54) is 0 Å². The fourth-order valence-corrected chi connectivity index (χ4v) is 4.71. The summed E-state index contributed by atoms with van der Waals surface area (Å²) in [5, 5.41) is 0. The molecule has 33 heavy (non-hydrogen) atoms. The van der Waals surface area contributed by atoms with Crippen molar-refractivity contribution in [2.75, 3.05) is 20.2 Å². The highest BCUT2D eigenvalue weighted by molar-refractivity contribution is 9.10. The predicted molar refractivity (Wildman–Crippen MR) is 132 cm³/mol. The minimum atomic E-state index is -0.515. The van der Waals surface area contributed by atoms with Gasteiger partial charge in [-0.25, -0.2) is 14.8 Å². The topological polar surface area (TPSA) is 77.4 Å². The molecule has 0 aliphatic carbocycles. The third-order valence-corrected chi connectivity index (χ3v) is 6.11. The molecular weight excluding hydrogens is 484 g/mol. The van der Waals surface area contributed by atoms with E-state index in [2.05, 4.69) is 20.9 Å². The number of amides is 1. The largest absolute Gasteiger partial charge is 0.496 e. The van der Waals surface area contributed by atoms with Crippen molar-refractivity contribution in [3.8, 4) is 17.0 Å². The van der Waals surface area contributed by atoms with Gasteiger partial charge in [-0.05, 0) is 70.4 Å². The van der Waals surface area contributed by atoms with Gasteiger partial charge < -0.3 is 14.4 Å². The first-order valence-corrected chi connectivity index (χ1v) is 11.9. The van der Waals surface area contributed by atoms with E-state index in [1.807, 2.05) is 52.0 Å². The average Bonchev–Trinajstić information content (AvgIpc) is 2.76. The van der Waals surface area contributed by atoms with Crippen molar-refractivity contribution in [3.63, 3.8) is 0 Å². The lowest BCUT2D eigenvalue weighted by Gasteiger charge is -2.33. The molecule has 1 fully saturated rings. The molecule has 4 rings (SSSR count).